The molecule has 0 saturated heterocycles. The van der Waals surface area contributed by atoms with Crippen molar-refractivity contribution in [1.82, 2.24) is 0 Å². The first-order valence-electron chi connectivity index (χ1n) is 5.50. The van der Waals surface area contributed by atoms with E-state index in [0.29, 0.717) is 31.3 Å². The van der Waals surface area contributed by atoms with Gasteiger partial charge >= 0.3 is 11.9 Å². The van der Waals surface area contributed by atoms with E-state index in [1.54, 1.807) is 0 Å². The Hall–Kier alpha value is -1.39. The number of methoxy groups -OCH3 is 2. The molecule has 98 valence electrons. The van der Waals surface area contributed by atoms with E-state index < -0.39 is 11.9 Å². The second kappa shape index (κ2) is 8.73. The van der Waals surface area contributed by atoms with Crippen molar-refractivity contribution >= 4 is 11.9 Å². The fourth-order valence-corrected chi connectivity index (χ4v) is 1.42. The molecule has 0 N–H and O–H groups in total. The Bertz CT molecular complexity index is 297. The fourth-order valence-electron chi connectivity index (χ4n) is 1.42. The smallest absolute Gasteiger partial charge is 0.334 e. The zero-order valence-electron chi connectivity index (χ0n) is 10.5. The monoisotopic (exact) mass is 246 g/mol. The zero-order valence-corrected chi connectivity index (χ0v) is 10.5. The van der Waals surface area contributed by atoms with E-state index in [1.165, 1.54) is 21.1 Å². The third kappa shape index (κ3) is 5.47. The predicted molar refractivity (Wildman–Crippen MR) is 61.2 cm³/mol. The lowest BCUT2D eigenvalue weighted by molar-refractivity contribution is -0.139. The number of unbranched alkanes of at least 4 members (excludes halogenated alkanes) is 2. The highest BCUT2D eigenvalue weighted by Crippen LogP contribution is 2.16. The molecule has 5 heteroatoms. The van der Waals surface area contributed by atoms with Crippen LogP contribution in [0.15, 0.2) is 11.1 Å². The maximum Gasteiger partial charge on any atom is 0.334 e. The topological polar surface area (TPSA) is 52.6 Å². The van der Waals surface area contributed by atoms with Crippen LogP contribution in [0.5, 0.6) is 0 Å². The molecular weight excluding hydrogens is 227 g/mol. The van der Waals surface area contributed by atoms with Crippen molar-refractivity contribution in [2.45, 2.75) is 32.6 Å². The fraction of sp³-hybridized carbons (Fsp3) is 0.667. The summed E-state index contributed by atoms with van der Waals surface area (Å²) >= 11 is 0. The Balaban J connectivity index is 4.64. The number of esters is 2. The number of hydrogen-bond donors (Lipinski definition) is 0. The summed E-state index contributed by atoms with van der Waals surface area (Å²) in [5, 5.41) is 0. The molecule has 0 atom stereocenters. The van der Waals surface area contributed by atoms with Crippen molar-refractivity contribution < 1.29 is 23.5 Å². The summed E-state index contributed by atoms with van der Waals surface area (Å²) in [6.45, 7) is 1.15. The first-order valence-corrected chi connectivity index (χ1v) is 5.50. The SMILES string of the molecule is COC(=O)/C(C)=C(/CCCCCF)C(=O)OC. The van der Waals surface area contributed by atoms with Gasteiger partial charge in [-0.3, -0.25) is 4.39 Å². The molecule has 0 aromatic heterocycles. The zero-order chi connectivity index (χ0) is 13.3. The highest BCUT2D eigenvalue weighted by Gasteiger charge is 2.18. The molecule has 0 saturated carbocycles. The largest absolute Gasteiger partial charge is 0.466 e. The third-order valence-electron chi connectivity index (χ3n) is 2.44. The van der Waals surface area contributed by atoms with Crippen LogP contribution in [0.2, 0.25) is 0 Å². The Morgan fingerprint density at radius 1 is 1.00 bits per heavy atom. The van der Waals surface area contributed by atoms with Crippen molar-refractivity contribution in [2.24, 2.45) is 0 Å². The number of rotatable bonds is 7. The van der Waals surface area contributed by atoms with Crippen molar-refractivity contribution in [3.05, 3.63) is 11.1 Å². The molecule has 0 spiro atoms. The van der Waals surface area contributed by atoms with Gasteiger partial charge in [-0.1, -0.05) is 6.42 Å². The van der Waals surface area contributed by atoms with Crippen molar-refractivity contribution in [3.63, 3.8) is 0 Å². The molecule has 0 radical (unpaired) electrons. The lowest BCUT2D eigenvalue weighted by atomic mass is 10.0. The van der Waals surface area contributed by atoms with Gasteiger partial charge in [0.05, 0.1) is 20.9 Å². The number of ether oxygens (including phenoxy) is 2. The van der Waals surface area contributed by atoms with Gasteiger partial charge in [0.1, 0.15) is 0 Å². The molecule has 0 bridgehead atoms. The summed E-state index contributed by atoms with van der Waals surface area (Å²) in [5.74, 6) is -1.08. The Morgan fingerprint density at radius 3 is 2.06 bits per heavy atom. The molecule has 4 nitrogen and oxygen atoms in total. The molecule has 0 aliphatic carbocycles. The lowest BCUT2D eigenvalue weighted by Crippen LogP contribution is -2.13. The van der Waals surface area contributed by atoms with Crippen molar-refractivity contribution in [1.29, 1.82) is 0 Å². The molecule has 0 aliphatic rings. The Kier molecular flexibility index (Phi) is 8.01. The minimum atomic E-state index is -0.545. The van der Waals surface area contributed by atoms with Crippen LogP contribution >= 0.6 is 0 Å². The summed E-state index contributed by atoms with van der Waals surface area (Å²) in [6.07, 6.45) is 2.17. The quantitative estimate of drug-likeness (QED) is 0.392. The van der Waals surface area contributed by atoms with Gasteiger partial charge in [0.15, 0.2) is 0 Å². The van der Waals surface area contributed by atoms with Crippen LogP contribution in [-0.4, -0.2) is 32.8 Å². The number of carbonyl (C=O) groups is 2. The number of hydrogen-bond acceptors (Lipinski definition) is 4. The number of alkyl halides is 1. The van der Waals surface area contributed by atoms with E-state index in [4.69, 9.17) is 0 Å². The van der Waals surface area contributed by atoms with Gasteiger partial charge in [-0.25, -0.2) is 9.59 Å². The predicted octanol–water partition coefficient (Wildman–Crippen LogP) is 2.18. The summed E-state index contributed by atoms with van der Waals surface area (Å²) in [6, 6.07) is 0. The van der Waals surface area contributed by atoms with E-state index in [-0.39, 0.29) is 12.2 Å². The standard InChI is InChI=1S/C12H19FO4/c1-9(11(14)16-2)10(12(15)17-3)7-5-4-6-8-13/h4-8H2,1-3H3/b10-9-. The lowest BCUT2D eigenvalue weighted by Gasteiger charge is -2.08. The van der Waals surface area contributed by atoms with Gasteiger partial charge in [0.25, 0.3) is 0 Å². The summed E-state index contributed by atoms with van der Waals surface area (Å²) in [7, 11) is 2.51. The van der Waals surface area contributed by atoms with Crippen LogP contribution in [0.1, 0.15) is 32.6 Å². The molecule has 0 amide bonds. The minimum absolute atomic E-state index is 0.250. The summed E-state index contributed by atoms with van der Waals surface area (Å²) < 4.78 is 21.1. The minimum Gasteiger partial charge on any atom is -0.466 e. The number of carbonyl (C=O) groups excluding carboxylic acids is 2. The summed E-state index contributed by atoms with van der Waals surface area (Å²) in [5.41, 5.74) is 0.554. The van der Waals surface area contributed by atoms with Gasteiger partial charge in [-0.15, -0.1) is 0 Å². The second-order valence-electron chi connectivity index (χ2n) is 3.59. The molecule has 0 aromatic rings. The summed E-state index contributed by atoms with van der Waals surface area (Å²) in [4.78, 5) is 22.8. The molecule has 0 aromatic carbocycles. The molecule has 0 rings (SSSR count). The van der Waals surface area contributed by atoms with E-state index in [9.17, 15) is 14.0 Å². The van der Waals surface area contributed by atoms with Crippen LogP contribution < -0.4 is 0 Å². The molecule has 0 aliphatic heterocycles. The van der Waals surface area contributed by atoms with Gasteiger partial charge in [-0.2, -0.15) is 0 Å². The van der Waals surface area contributed by atoms with Gasteiger partial charge < -0.3 is 9.47 Å². The van der Waals surface area contributed by atoms with Gasteiger partial charge in [-0.05, 0) is 26.2 Å². The van der Waals surface area contributed by atoms with E-state index >= 15 is 0 Å². The van der Waals surface area contributed by atoms with Gasteiger partial charge in [0.2, 0.25) is 0 Å². The van der Waals surface area contributed by atoms with E-state index in [0.717, 1.165) is 0 Å². The van der Waals surface area contributed by atoms with Crippen molar-refractivity contribution in [3.8, 4) is 0 Å². The third-order valence-corrected chi connectivity index (χ3v) is 2.44. The Labute approximate surface area is 101 Å². The van der Waals surface area contributed by atoms with Crippen LogP contribution in [0, 0.1) is 0 Å². The molecular formula is C12H19FO4. The second-order valence-corrected chi connectivity index (χ2v) is 3.59. The highest BCUT2D eigenvalue weighted by atomic mass is 19.1. The van der Waals surface area contributed by atoms with Crippen LogP contribution in [0.4, 0.5) is 4.39 Å². The number of halogens is 1. The average molecular weight is 246 g/mol. The molecule has 0 fully saturated rings. The Morgan fingerprint density at radius 2 is 1.59 bits per heavy atom. The van der Waals surface area contributed by atoms with Crippen LogP contribution in [-0.2, 0) is 19.1 Å². The molecule has 17 heavy (non-hydrogen) atoms. The van der Waals surface area contributed by atoms with Crippen LogP contribution in [0.25, 0.3) is 0 Å². The van der Waals surface area contributed by atoms with E-state index in [2.05, 4.69) is 9.47 Å². The van der Waals surface area contributed by atoms with Gasteiger partial charge in [0, 0.05) is 11.1 Å². The maximum atomic E-state index is 11.9. The highest BCUT2D eigenvalue weighted by molar-refractivity contribution is 5.99. The van der Waals surface area contributed by atoms with Crippen LogP contribution in [0.3, 0.4) is 0 Å². The first-order chi connectivity index (χ1) is 8.08. The van der Waals surface area contributed by atoms with E-state index in [1.807, 2.05) is 0 Å². The molecule has 0 unspecified atom stereocenters. The normalized spacial score (nSPS) is 11.8. The molecule has 0 heterocycles. The average Bonchev–Trinajstić information content (AvgIpc) is 2.36. The first kappa shape index (κ1) is 15.6. The van der Waals surface area contributed by atoms with Crippen molar-refractivity contribution in [2.75, 3.05) is 20.9 Å². The maximum absolute atomic E-state index is 11.9.